The van der Waals surface area contributed by atoms with E-state index in [1.54, 1.807) is 41.2 Å². The Balaban J connectivity index is 2.37. The number of carbonyl (C=O) groups is 1. The van der Waals surface area contributed by atoms with Crippen LogP contribution in [0.25, 0.3) is 5.69 Å². The molecule has 0 unspecified atom stereocenters. The topological polar surface area (TPSA) is 60.9 Å². The first-order valence-electron chi connectivity index (χ1n) is 4.28. The van der Waals surface area contributed by atoms with Crippen LogP contribution in [0, 0.1) is 0 Å². The van der Waals surface area contributed by atoms with E-state index in [0.29, 0.717) is 5.02 Å². The Morgan fingerprint density at radius 3 is 2.47 bits per heavy atom. The number of amides is 1. The zero-order valence-corrected chi connectivity index (χ0v) is 8.48. The van der Waals surface area contributed by atoms with Gasteiger partial charge in [0, 0.05) is 11.2 Å². The van der Waals surface area contributed by atoms with Crippen LogP contribution in [0.2, 0.25) is 5.02 Å². The number of hydrogen-bond donors (Lipinski definition) is 1. The molecule has 1 aromatic carbocycles. The van der Waals surface area contributed by atoms with Crippen LogP contribution in [0.15, 0.2) is 36.5 Å². The highest BCUT2D eigenvalue weighted by atomic mass is 35.5. The van der Waals surface area contributed by atoms with Crippen LogP contribution >= 0.6 is 11.6 Å². The molecule has 0 aliphatic rings. The summed E-state index contributed by atoms with van der Waals surface area (Å²) in [5, 5.41) is 4.66. The quantitative estimate of drug-likeness (QED) is 0.838. The normalized spacial score (nSPS) is 10.2. The minimum Gasteiger partial charge on any atom is -0.364 e. The van der Waals surface area contributed by atoms with Crippen LogP contribution in [-0.2, 0) is 0 Å². The fourth-order valence-electron chi connectivity index (χ4n) is 1.19. The lowest BCUT2D eigenvalue weighted by atomic mass is 10.3. The number of nitrogens with two attached hydrogens (primary N) is 1. The van der Waals surface area contributed by atoms with Crippen molar-refractivity contribution in [1.82, 2.24) is 9.78 Å². The lowest BCUT2D eigenvalue weighted by molar-refractivity contribution is 0.0995. The second kappa shape index (κ2) is 3.74. The molecule has 1 amide bonds. The summed E-state index contributed by atoms with van der Waals surface area (Å²) in [7, 11) is 0. The van der Waals surface area contributed by atoms with E-state index in [2.05, 4.69) is 5.10 Å². The molecule has 5 heteroatoms. The summed E-state index contributed by atoms with van der Waals surface area (Å²) in [6, 6.07) is 8.68. The standard InChI is InChI=1S/C10H8ClN3O/c11-7-1-3-8(4-2-7)14-6-5-9(13-14)10(12)15/h1-6H,(H2,12,15). The molecule has 0 radical (unpaired) electrons. The molecular formula is C10H8ClN3O. The predicted molar refractivity (Wildman–Crippen MR) is 57.1 cm³/mol. The summed E-state index contributed by atoms with van der Waals surface area (Å²) < 4.78 is 1.57. The van der Waals surface area contributed by atoms with Gasteiger partial charge in [-0.2, -0.15) is 5.10 Å². The molecule has 0 spiro atoms. The van der Waals surface area contributed by atoms with Gasteiger partial charge in [0.2, 0.25) is 0 Å². The van der Waals surface area contributed by atoms with E-state index in [4.69, 9.17) is 17.3 Å². The third-order valence-electron chi connectivity index (χ3n) is 1.93. The molecule has 0 atom stereocenters. The van der Waals surface area contributed by atoms with E-state index in [1.165, 1.54) is 0 Å². The summed E-state index contributed by atoms with van der Waals surface area (Å²) in [4.78, 5) is 10.8. The smallest absolute Gasteiger partial charge is 0.269 e. The monoisotopic (exact) mass is 221 g/mol. The molecule has 2 aromatic rings. The fourth-order valence-corrected chi connectivity index (χ4v) is 1.32. The van der Waals surface area contributed by atoms with Crippen LogP contribution in [0.5, 0.6) is 0 Å². The van der Waals surface area contributed by atoms with E-state index in [0.717, 1.165) is 5.69 Å². The van der Waals surface area contributed by atoms with Crippen molar-refractivity contribution >= 4 is 17.5 Å². The molecule has 0 bridgehead atoms. The van der Waals surface area contributed by atoms with Crippen molar-refractivity contribution in [3.63, 3.8) is 0 Å². The minimum atomic E-state index is -0.539. The number of hydrogen-bond acceptors (Lipinski definition) is 2. The maximum absolute atomic E-state index is 10.8. The Bertz CT molecular complexity index is 490. The Morgan fingerprint density at radius 1 is 1.27 bits per heavy atom. The zero-order valence-electron chi connectivity index (χ0n) is 7.72. The average molecular weight is 222 g/mol. The highest BCUT2D eigenvalue weighted by molar-refractivity contribution is 6.30. The van der Waals surface area contributed by atoms with Gasteiger partial charge in [0.05, 0.1) is 5.69 Å². The molecule has 0 saturated heterocycles. The molecule has 15 heavy (non-hydrogen) atoms. The third-order valence-corrected chi connectivity index (χ3v) is 2.18. The van der Waals surface area contributed by atoms with Crippen molar-refractivity contribution in [2.45, 2.75) is 0 Å². The highest BCUT2D eigenvalue weighted by Crippen LogP contribution is 2.12. The second-order valence-electron chi connectivity index (χ2n) is 2.99. The van der Waals surface area contributed by atoms with Crippen molar-refractivity contribution < 1.29 is 4.79 Å². The SMILES string of the molecule is NC(=O)c1ccn(-c2ccc(Cl)cc2)n1. The number of halogens is 1. The van der Waals surface area contributed by atoms with Crippen LogP contribution < -0.4 is 5.73 Å². The Labute approximate surface area is 91.3 Å². The lowest BCUT2D eigenvalue weighted by Gasteiger charge is -2.00. The fraction of sp³-hybridized carbons (Fsp3) is 0. The first-order chi connectivity index (χ1) is 7.16. The molecule has 4 nitrogen and oxygen atoms in total. The van der Waals surface area contributed by atoms with Crippen molar-refractivity contribution in [1.29, 1.82) is 0 Å². The van der Waals surface area contributed by atoms with Gasteiger partial charge >= 0.3 is 0 Å². The predicted octanol–water partition coefficient (Wildman–Crippen LogP) is 1.62. The molecular weight excluding hydrogens is 214 g/mol. The van der Waals surface area contributed by atoms with Gasteiger partial charge in [-0.05, 0) is 30.3 Å². The summed E-state index contributed by atoms with van der Waals surface area (Å²) >= 11 is 5.75. The number of primary amides is 1. The molecule has 0 fully saturated rings. The molecule has 76 valence electrons. The minimum absolute atomic E-state index is 0.241. The molecule has 1 heterocycles. The van der Waals surface area contributed by atoms with Gasteiger partial charge < -0.3 is 5.73 Å². The molecule has 0 aliphatic carbocycles. The van der Waals surface area contributed by atoms with Crippen LogP contribution in [0.3, 0.4) is 0 Å². The van der Waals surface area contributed by atoms with Gasteiger partial charge in [-0.15, -0.1) is 0 Å². The van der Waals surface area contributed by atoms with E-state index in [-0.39, 0.29) is 5.69 Å². The Morgan fingerprint density at radius 2 is 1.93 bits per heavy atom. The van der Waals surface area contributed by atoms with E-state index < -0.39 is 5.91 Å². The second-order valence-corrected chi connectivity index (χ2v) is 3.42. The van der Waals surface area contributed by atoms with Crippen LogP contribution in [-0.4, -0.2) is 15.7 Å². The average Bonchev–Trinajstić information content (AvgIpc) is 2.68. The molecule has 1 aromatic heterocycles. The number of rotatable bonds is 2. The van der Waals surface area contributed by atoms with Crippen LogP contribution in [0.4, 0.5) is 0 Å². The van der Waals surface area contributed by atoms with Gasteiger partial charge in [-0.25, -0.2) is 4.68 Å². The molecule has 2 rings (SSSR count). The van der Waals surface area contributed by atoms with Crippen molar-refractivity contribution in [3.05, 3.63) is 47.2 Å². The number of aromatic nitrogens is 2. The van der Waals surface area contributed by atoms with Crippen molar-refractivity contribution in [3.8, 4) is 5.69 Å². The summed E-state index contributed by atoms with van der Waals surface area (Å²) in [5.41, 5.74) is 6.16. The van der Waals surface area contributed by atoms with E-state index in [1.807, 2.05) is 0 Å². The van der Waals surface area contributed by atoms with Crippen LogP contribution in [0.1, 0.15) is 10.5 Å². The largest absolute Gasteiger partial charge is 0.364 e. The first kappa shape index (κ1) is 9.73. The van der Waals surface area contributed by atoms with Crippen molar-refractivity contribution in [2.75, 3.05) is 0 Å². The maximum Gasteiger partial charge on any atom is 0.269 e. The van der Waals surface area contributed by atoms with Gasteiger partial charge in [-0.1, -0.05) is 11.6 Å². The number of carbonyl (C=O) groups excluding carboxylic acids is 1. The summed E-state index contributed by atoms with van der Waals surface area (Å²) in [5.74, 6) is -0.539. The van der Waals surface area contributed by atoms with E-state index in [9.17, 15) is 4.79 Å². The molecule has 0 aliphatic heterocycles. The lowest BCUT2D eigenvalue weighted by Crippen LogP contribution is -2.12. The zero-order chi connectivity index (χ0) is 10.8. The molecule has 0 saturated carbocycles. The highest BCUT2D eigenvalue weighted by Gasteiger charge is 2.05. The summed E-state index contributed by atoms with van der Waals surface area (Å²) in [6.45, 7) is 0. The Hall–Kier alpha value is -1.81. The van der Waals surface area contributed by atoms with Gasteiger partial charge in [0.25, 0.3) is 5.91 Å². The molecule has 2 N–H and O–H groups in total. The third kappa shape index (κ3) is 1.99. The number of nitrogens with zero attached hydrogens (tertiary/aromatic N) is 2. The van der Waals surface area contributed by atoms with Gasteiger partial charge in [-0.3, -0.25) is 4.79 Å². The Kier molecular flexibility index (Phi) is 2.43. The number of benzene rings is 1. The van der Waals surface area contributed by atoms with Gasteiger partial charge in [0.1, 0.15) is 5.69 Å². The van der Waals surface area contributed by atoms with Gasteiger partial charge in [0.15, 0.2) is 0 Å². The van der Waals surface area contributed by atoms with E-state index >= 15 is 0 Å². The maximum atomic E-state index is 10.8. The summed E-state index contributed by atoms with van der Waals surface area (Å²) in [6.07, 6.45) is 1.67. The van der Waals surface area contributed by atoms with Crippen molar-refractivity contribution in [2.24, 2.45) is 5.73 Å². The first-order valence-corrected chi connectivity index (χ1v) is 4.66.